The van der Waals surface area contributed by atoms with Gasteiger partial charge in [-0.2, -0.15) is 0 Å². The summed E-state index contributed by atoms with van der Waals surface area (Å²) in [6, 6.07) is 0. The predicted molar refractivity (Wildman–Crippen MR) is 259 cm³/mol. The number of allylic oxidation sites excluding steroid dienone is 11. The summed E-state index contributed by atoms with van der Waals surface area (Å²) >= 11 is 1.78. The quantitative estimate of drug-likeness (QED) is 0.0510. The molecular formula is C50H96N2O3S. The van der Waals surface area contributed by atoms with E-state index >= 15 is 0 Å². The maximum absolute atomic E-state index is 11.4. The minimum atomic E-state index is -0.572. The first-order valence-electron chi connectivity index (χ1n) is 22.2. The van der Waals surface area contributed by atoms with Gasteiger partial charge in [-0.05, 0) is 101 Å². The van der Waals surface area contributed by atoms with Crippen LogP contribution >= 0.6 is 11.8 Å². The van der Waals surface area contributed by atoms with Crippen molar-refractivity contribution in [3.8, 4) is 0 Å². The summed E-state index contributed by atoms with van der Waals surface area (Å²) in [5.41, 5.74) is 5.74. The first-order valence-corrected chi connectivity index (χ1v) is 23.5. The van der Waals surface area contributed by atoms with Crippen molar-refractivity contribution in [3.05, 3.63) is 75.9 Å². The Morgan fingerprint density at radius 3 is 1.59 bits per heavy atom. The number of carbonyl (C=O) groups is 2. The molecule has 4 atom stereocenters. The maximum atomic E-state index is 11.4. The molecule has 1 N–H and O–H groups in total. The summed E-state index contributed by atoms with van der Waals surface area (Å²) in [5, 5.41) is 6.35. The van der Waals surface area contributed by atoms with E-state index in [1.165, 1.54) is 49.7 Å². The zero-order valence-corrected chi connectivity index (χ0v) is 41.6. The molecule has 0 bridgehead atoms. The van der Waals surface area contributed by atoms with E-state index in [1.54, 1.807) is 18.7 Å². The van der Waals surface area contributed by atoms with E-state index in [9.17, 15) is 14.5 Å². The number of unbranched alkanes of at least 4 members (excludes halogenated alkanes) is 3. The van der Waals surface area contributed by atoms with Crippen molar-refractivity contribution < 1.29 is 9.59 Å². The molecule has 0 aliphatic rings. The van der Waals surface area contributed by atoms with Crippen molar-refractivity contribution >= 4 is 23.5 Å². The maximum Gasteiger partial charge on any atom is 0.286 e. The van der Waals surface area contributed by atoms with Gasteiger partial charge in [-0.3, -0.25) is 4.79 Å². The first kappa shape index (κ1) is 65.4. The van der Waals surface area contributed by atoms with Gasteiger partial charge in [0.05, 0.1) is 5.37 Å². The van der Waals surface area contributed by atoms with Crippen LogP contribution in [0, 0.1) is 22.7 Å². The molecule has 0 saturated carbocycles. The van der Waals surface area contributed by atoms with Crippen molar-refractivity contribution in [3.63, 3.8) is 0 Å². The van der Waals surface area contributed by atoms with E-state index in [0.29, 0.717) is 36.0 Å². The Morgan fingerprint density at radius 1 is 0.732 bits per heavy atom. The van der Waals surface area contributed by atoms with E-state index in [1.807, 2.05) is 20.8 Å². The number of carbonyl (C=O) groups excluding carboxylic acids is 2. The molecule has 330 valence electrons. The molecule has 56 heavy (non-hydrogen) atoms. The molecule has 0 aromatic rings. The molecule has 0 radical (unpaired) electrons. The van der Waals surface area contributed by atoms with E-state index in [4.69, 9.17) is 0 Å². The standard InChI is InChI=1S/C32H52N2O2S.C4H8O.3C4H10.C2H6/c1-11-13-25(5)30(18-15-23(3)21-28(8)33-29(9)37-10)19-17-27(7)31(26(6)14-12-2)22-24(4)16-20-32(35)34-36;1-3-4(2)5;3*1-3-4-2;1-2/h13,15,18-19,21-22,26-27,29,31,33H,3,11-12,14,16-17,20H2,1-2,4-10H3;3H2,1-2H3;3*3-4H2,1-2H3;1-2H3/b18-15-,24-22+,25-13-,28-21+,30-19-;;;;;. The summed E-state index contributed by atoms with van der Waals surface area (Å²) in [7, 11) is 0. The van der Waals surface area contributed by atoms with Crippen molar-refractivity contribution in [1.29, 1.82) is 0 Å². The highest BCUT2D eigenvalue weighted by molar-refractivity contribution is 7.99. The number of Topliss-reactive ketones (excluding diaryl/α,β-unsaturated/α-hetero) is 1. The Labute approximate surface area is 355 Å². The number of thioether (sulfide) groups is 1. The number of hydrogen-bond donors (Lipinski definition) is 1. The lowest BCUT2D eigenvalue weighted by Gasteiger charge is -2.27. The van der Waals surface area contributed by atoms with Gasteiger partial charge in [-0.15, -0.1) is 16.7 Å². The van der Waals surface area contributed by atoms with Crippen LogP contribution in [0.1, 0.15) is 208 Å². The topological polar surface area (TPSA) is 75.6 Å². The van der Waals surface area contributed by atoms with Gasteiger partial charge in [-0.1, -0.05) is 184 Å². The first-order chi connectivity index (χ1) is 26.5. The van der Waals surface area contributed by atoms with Gasteiger partial charge in [-0.25, -0.2) is 0 Å². The third-order valence-electron chi connectivity index (χ3n) is 8.71. The highest BCUT2D eigenvalue weighted by Crippen LogP contribution is 2.31. The number of hydrogen-bond acceptors (Lipinski definition) is 5. The fraction of sp³-hybridized carbons (Fsp3) is 0.720. The highest BCUT2D eigenvalue weighted by Gasteiger charge is 2.21. The molecule has 0 aromatic heterocycles. The Morgan fingerprint density at radius 2 is 1.21 bits per heavy atom. The predicted octanol–water partition coefficient (Wildman–Crippen LogP) is 17.1. The minimum Gasteiger partial charge on any atom is -0.377 e. The van der Waals surface area contributed by atoms with Gasteiger partial charge in [0.15, 0.2) is 0 Å². The second kappa shape index (κ2) is 50.5. The molecule has 0 rings (SSSR count). The average molecular weight is 805 g/mol. The van der Waals surface area contributed by atoms with Crippen molar-refractivity contribution in [2.75, 3.05) is 6.26 Å². The molecule has 6 heteroatoms. The van der Waals surface area contributed by atoms with E-state index < -0.39 is 5.91 Å². The number of nitroso groups, excluding NO2 is 1. The molecule has 4 unspecified atom stereocenters. The number of ketones is 1. The monoisotopic (exact) mass is 805 g/mol. The average Bonchev–Trinajstić information content (AvgIpc) is 3.19. The smallest absolute Gasteiger partial charge is 0.286 e. The fourth-order valence-electron chi connectivity index (χ4n) is 4.50. The number of amides is 1. The fourth-order valence-corrected chi connectivity index (χ4v) is 4.80. The molecule has 0 heterocycles. The summed E-state index contributed by atoms with van der Waals surface area (Å²) in [4.78, 5) is 31.6. The van der Waals surface area contributed by atoms with Crippen LogP contribution in [0.4, 0.5) is 0 Å². The second-order valence-corrected chi connectivity index (χ2v) is 15.5. The summed E-state index contributed by atoms with van der Waals surface area (Å²) in [6.07, 6.45) is 29.0. The molecule has 0 saturated heterocycles. The van der Waals surface area contributed by atoms with Crippen LogP contribution in [0.15, 0.2) is 76.2 Å². The Hall–Kier alpha value is -2.47. The van der Waals surface area contributed by atoms with Gasteiger partial charge in [0.25, 0.3) is 5.91 Å². The Kier molecular flexibility index (Phi) is 59.0. The van der Waals surface area contributed by atoms with Crippen LogP contribution in [0.3, 0.4) is 0 Å². The lowest BCUT2D eigenvalue weighted by molar-refractivity contribution is -0.118. The van der Waals surface area contributed by atoms with Crippen LogP contribution in [-0.4, -0.2) is 23.3 Å². The summed E-state index contributed by atoms with van der Waals surface area (Å²) in [6.45, 7) is 42.2. The largest absolute Gasteiger partial charge is 0.377 e. The molecule has 0 aliphatic carbocycles. The van der Waals surface area contributed by atoms with Gasteiger partial charge in [0.2, 0.25) is 0 Å². The van der Waals surface area contributed by atoms with Crippen molar-refractivity contribution in [2.24, 2.45) is 22.9 Å². The molecular weight excluding hydrogens is 709 g/mol. The SMILES string of the molecule is C=C(\C=C/C(=C/CC(C)C(/C=C(\C)CCC(=O)N=O)C(C)CCC)C(/C)=C\CC)/C=C(\C)NC(C)SC.CC.CCC(C)=O.CCCC.CCCC.CCCC. The lowest BCUT2D eigenvalue weighted by atomic mass is 9.78. The molecule has 0 spiro atoms. The van der Waals surface area contributed by atoms with Crippen LogP contribution in [0.5, 0.6) is 0 Å². The Balaban J connectivity index is -0.000000271. The second-order valence-electron chi connectivity index (χ2n) is 14.3. The van der Waals surface area contributed by atoms with Crippen molar-refractivity contribution in [1.82, 2.24) is 5.32 Å². The van der Waals surface area contributed by atoms with E-state index in [0.717, 1.165) is 42.5 Å². The third-order valence-corrected chi connectivity index (χ3v) is 9.53. The minimum absolute atomic E-state index is 0.189. The number of nitrogens with zero attached hydrogens (tertiary/aromatic N) is 1. The van der Waals surface area contributed by atoms with Crippen LogP contribution in [-0.2, 0) is 9.59 Å². The number of nitrogens with one attached hydrogen (secondary N) is 1. The van der Waals surface area contributed by atoms with Crippen LogP contribution in [0.2, 0.25) is 0 Å². The lowest BCUT2D eigenvalue weighted by Crippen LogP contribution is -2.20. The third kappa shape index (κ3) is 49.5. The molecule has 0 aliphatic heterocycles. The van der Waals surface area contributed by atoms with Gasteiger partial charge >= 0.3 is 0 Å². The highest BCUT2D eigenvalue weighted by atomic mass is 32.2. The molecule has 0 aromatic carbocycles. The number of rotatable bonds is 22. The normalized spacial score (nSPS) is 13.6. The van der Waals surface area contributed by atoms with Gasteiger partial charge in [0.1, 0.15) is 5.78 Å². The van der Waals surface area contributed by atoms with Crippen molar-refractivity contribution in [2.45, 2.75) is 213 Å². The molecule has 5 nitrogen and oxygen atoms in total. The zero-order chi connectivity index (χ0) is 44.9. The van der Waals surface area contributed by atoms with Crippen LogP contribution < -0.4 is 5.32 Å². The molecule has 1 amide bonds. The van der Waals surface area contributed by atoms with Gasteiger partial charge in [0, 0.05) is 23.7 Å². The van der Waals surface area contributed by atoms with E-state index in [2.05, 4.69) is 157 Å². The van der Waals surface area contributed by atoms with E-state index in [-0.39, 0.29) is 12.2 Å². The summed E-state index contributed by atoms with van der Waals surface area (Å²) < 4.78 is 0. The van der Waals surface area contributed by atoms with Crippen LogP contribution in [0.25, 0.3) is 0 Å². The van der Waals surface area contributed by atoms with Gasteiger partial charge < -0.3 is 10.1 Å². The Bertz CT molecular complexity index is 1070. The molecule has 0 fully saturated rings. The summed E-state index contributed by atoms with van der Waals surface area (Å²) in [5.74, 6) is 1.07. The zero-order valence-electron chi connectivity index (χ0n) is 40.8.